The predicted octanol–water partition coefficient (Wildman–Crippen LogP) is 2.14. The summed E-state index contributed by atoms with van der Waals surface area (Å²) in [6.07, 6.45) is 6.25. The van der Waals surface area contributed by atoms with Crippen molar-refractivity contribution in [2.45, 2.75) is 38.5 Å². The van der Waals surface area contributed by atoms with Crippen molar-refractivity contribution in [1.29, 1.82) is 0 Å². The Balaban J connectivity index is 1.47. The van der Waals surface area contributed by atoms with Crippen LogP contribution in [0.15, 0.2) is 23.2 Å². The quantitative estimate of drug-likeness (QED) is 0.503. The molecule has 0 aliphatic carbocycles. The summed E-state index contributed by atoms with van der Waals surface area (Å²) in [6.45, 7) is 3.06. The van der Waals surface area contributed by atoms with Gasteiger partial charge >= 0.3 is 0 Å². The van der Waals surface area contributed by atoms with Gasteiger partial charge in [-0.05, 0) is 43.0 Å². The average molecular weight is 330 g/mol. The van der Waals surface area contributed by atoms with E-state index in [-0.39, 0.29) is 5.91 Å². The summed E-state index contributed by atoms with van der Waals surface area (Å²) >= 11 is 0. The van der Waals surface area contributed by atoms with Gasteiger partial charge in [0.05, 0.1) is 6.54 Å². The van der Waals surface area contributed by atoms with Crippen LogP contribution in [-0.4, -0.2) is 43.0 Å². The Labute approximate surface area is 143 Å². The van der Waals surface area contributed by atoms with E-state index in [1.54, 1.807) is 0 Å². The lowest BCUT2D eigenvalue weighted by Gasteiger charge is -2.21. The number of benzene rings is 1. The van der Waals surface area contributed by atoms with Crippen molar-refractivity contribution < 1.29 is 9.53 Å². The van der Waals surface area contributed by atoms with Crippen molar-refractivity contribution in [3.8, 4) is 5.75 Å². The maximum absolute atomic E-state index is 11.4. The van der Waals surface area contributed by atoms with E-state index in [1.807, 2.05) is 18.2 Å². The lowest BCUT2D eigenvalue weighted by atomic mass is 10.0. The Morgan fingerprint density at radius 3 is 2.79 bits per heavy atom. The molecule has 3 N–H and O–H groups in total. The number of rotatable bonds is 4. The number of aryl methyl sites for hydroxylation is 1. The van der Waals surface area contributed by atoms with Crippen molar-refractivity contribution in [3.63, 3.8) is 0 Å². The van der Waals surface area contributed by atoms with Gasteiger partial charge in [-0.2, -0.15) is 0 Å². The van der Waals surface area contributed by atoms with E-state index < -0.39 is 0 Å². The van der Waals surface area contributed by atoms with Gasteiger partial charge in [0, 0.05) is 25.2 Å². The van der Waals surface area contributed by atoms with Crippen molar-refractivity contribution in [2.24, 2.45) is 10.7 Å². The van der Waals surface area contributed by atoms with Crippen molar-refractivity contribution >= 4 is 17.6 Å². The highest BCUT2D eigenvalue weighted by Crippen LogP contribution is 2.26. The normalized spacial score (nSPS) is 18.6. The van der Waals surface area contributed by atoms with Gasteiger partial charge in [0.2, 0.25) is 5.91 Å². The Hall–Kier alpha value is -2.24. The highest BCUT2D eigenvalue weighted by atomic mass is 16.5. The van der Waals surface area contributed by atoms with Gasteiger partial charge in [0.1, 0.15) is 12.4 Å². The summed E-state index contributed by atoms with van der Waals surface area (Å²) in [5, 5.41) is 2.87. The third-order valence-electron chi connectivity index (χ3n) is 4.54. The summed E-state index contributed by atoms with van der Waals surface area (Å²) in [7, 11) is 0. The van der Waals surface area contributed by atoms with Gasteiger partial charge < -0.3 is 20.7 Å². The molecule has 1 aromatic rings. The SMILES string of the molecule is NC(=NCCOc1ccc2c(c1)CCC(=O)N2)N1CCCCCC1. The first-order chi connectivity index (χ1) is 11.7. The molecule has 3 rings (SSSR count). The van der Waals surface area contributed by atoms with Crippen LogP contribution >= 0.6 is 0 Å². The number of ether oxygens (including phenoxy) is 1. The number of hydrogen-bond donors (Lipinski definition) is 2. The van der Waals surface area contributed by atoms with Crippen LogP contribution in [0.5, 0.6) is 5.75 Å². The molecule has 2 aliphatic heterocycles. The van der Waals surface area contributed by atoms with E-state index >= 15 is 0 Å². The molecule has 1 amide bonds. The smallest absolute Gasteiger partial charge is 0.224 e. The lowest BCUT2D eigenvalue weighted by Crippen LogP contribution is -2.38. The molecule has 6 heteroatoms. The number of carbonyl (C=O) groups excluding carboxylic acids is 1. The second kappa shape index (κ2) is 8.04. The highest BCUT2D eigenvalue weighted by Gasteiger charge is 2.15. The Morgan fingerprint density at radius 2 is 2.00 bits per heavy atom. The van der Waals surface area contributed by atoms with E-state index in [4.69, 9.17) is 10.5 Å². The molecule has 24 heavy (non-hydrogen) atoms. The summed E-state index contributed by atoms with van der Waals surface area (Å²) < 4.78 is 5.77. The first-order valence-electron chi connectivity index (χ1n) is 8.83. The summed E-state index contributed by atoms with van der Waals surface area (Å²) in [5.74, 6) is 1.52. The van der Waals surface area contributed by atoms with Crippen LogP contribution in [0.25, 0.3) is 0 Å². The van der Waals surface area contributed by atoms with Crippen LogP contribution in [0, 0.1) is 0 Å². The van der Waals surface area contributed by atoms with Gasteiger partial charge in [-0.15, -0.1) is 0 Å². The minimum absolute atomic E-state index is 0.0782. The number of aliphatic imine (C=N–C) groups is 1. The topological polar surface area (TPSA) is 80.0 Å². The fourth-order valence-electron chi connectivity index (χ4n) is 3.17. The minimum Gasteiger partial charge on any atom is -0.492 e. The Morgan fingerprint density at radius 1 is 1.21 bits per heavy atom. The minimum atomic E-state index is 0.0782. The van der Waals surface area contributed by atoms with Gasteiger partial charge in [-0.1, -0.05) is 12.8 Å². The van der Waals surface area contributed by atoms with Crippen LogP contribution in [0.1, 0.15) is 37.7 Å². The molecule has 130 valence electrons. The van der Waals surface area contributed by atoms with E-state index in [1.165, 1.54) is 25.7 Å². The van der Waals surface area contributed by atoms with E-state index in [9.17, 15) is 4.79 Å². The molecule has 0 atom stereocenters. The van der Waals surface area contributed by atoms with Crippen molar-refractivity contribution in [1.82, 2.24) is 4.90 Å². The monoisotopic (exact) mass is 330 g/mol. The predicted molar refractivity (Wildman–Crippen MR) is 95.4 cm³/mol. The fraction of sp³-hybridized carbons (Fsp3) is 0.556. The summed E-state index contributed by atoms with van der Waals surface area (Å²) in [6, 6.07) is 5.78. The number of nitrogens with one attached hydrogen (secondary N) is 1. The molecule has 0 aromatic heterocycles. The number of nitrogens with two attached hydrogens (primary N) is 1. The van der Waals surface area contributed by atoms with Gasteiger partial charge in [0.25, 0.3) is 0 Å². The van der Waals surface area contributed by atoms with Gasteiger partial charge in [-0.3, -0.25) is 4.79 Å². The molecule has 1 fully saturated rings. The van der Waals surface area contributed by atoms with Gasteiger partial charge in [-0.25, -0.2) is 4.99 Å². The van der Waals surface area contributed by atoms with Crippen LogP contribution in [-0.2, 0) is 11.2 Å². The molecule has 0 unspecified atom stereocenters. The van der Waals surface area contributed by atoms with Crippen LogP contribution in [0.3, 0.4) is 0 Å². The lowest BCUT2D eigenvalue weighted by molar-refractivity contribution is -0.116. The molecular weight excluding hydrogens is 304 g/mol. The number of anilines is 1. The molecule has 2 aliphatic rings. The third-order valence-corrected chi connectivity index (χ3v) is 4.54. The summed E-state index contributed by atoms with van der Waals surface area (Å²) in [4.78, 5) is 18.0. The van der Waals surface area contributed by atoms with E-state index in [0.29, 0.717) is 25.5 Å². The molecular formula is C18H26N4O2. The average Bonchev–Trinajstić information content (AvgIpc) is 2.88. The number of carbonyl (C=O) groups is 1. The third kappa shape index (κ3) is 4.40. The fourth-order valence-corrected chi connectivity index (χ4v) is 3.17. The largest absolute Gasteiger partial charge is 0.492 e. The molecule has 2 heterocycles. The zero-order valence-electron chi connectivity index (χ0n) is 14.1. The van der Waals surface area contributed by atoms with Crippen LogP contribution in [0.4, 0.5) is 5.69 Å². The number of likely N-dealkylation sites (tertiary alicyclic amines) is 1. The van der Waals surface area contributed by atoms with Gasteiger partial charge in [0.15, 0.2) is 5.96 Å². The first kappa shape index (κ1) is 16.6. The van der Waals surface area contributed by atoms with Crippen LogP contribution in [0.2, 0.25) is 0 Å². The Bertz CT molecular complexity index is 607. The molecule has 6 nitrogen and oxygen atoms in total. The number of nitrogens with zero attached hydrogens (tertiary/aromatic N) is 2. The number of guanidine groups is 1. The first-order valence-corrected chi connectivity index (χ1v) is 8.83. The van der Waals surface area contributed by atoms with Crippen molar-refractivity contribution in [3.05, 3.63) is 23.8 Å². The molecule has 1 aromatic carbocycles. The molecule has 0 spiro atoms. The highest BCUT2D eigenvalue weighted by molar-refractivity contribution is 5.94. The van der Waals surface area contributed by atoms with Crippen molar-refractivity contribution in [2.75, 3.05) is 31.6 Å². The number of amides is 1. The molecule has 0 bridgehead atoms. The number of hydrogen-bond acceptors (Lipinski definition) is 3. The van der Waals surface area contributed by atoms with E-state index in [0.717, 1.165) is 36.5 Å². The zero-order chi connectivity index (χ0) is 16.8. The maximum Gasteiger partial charge on any atom is 0.224 e. The number of fused-ring (bicyclic) bond motifs is 1. The maximum atomic E-state index is 11.4. The standard InChI is InChI=1S/C18H26N4O2/c19-18(22-10-3-1-2-4-11-22)20-9-12-24-15-6-7-16-14(13-15)5-8-17(23)21-16/h6-7,13H,1-5,8-12H2,(H2,19,20)(H,21,23). The second-order valence-corrected chi connectivity index (χ2v) is 6.36. The molecule has 0 saturated carbocycles. The summed E-state index contributed by atoms with van der Waals surface area (Å²) in [5.41, 5.74) is 8.10. The second-order valence-electron chi connectivity index (χ2n) is 6.36. The van der Waals surface area contributed by atoms with E-state index in [2.05, 4.69) is 15.2 Å². The molecule has 0 radical (unpaired) electrons. The van der Waals surface area contributed by atoms with Crippen LogP contribution < -0.4 is 15.8 Å². The zero-order valence-corrected chi connectivity index (χ0v) is 14.1. The molecule has 1 saturated heterocycles. The Kier molecular flexibility index (Phi) is 5.56.